The van der Waals surface area contributed by atoms with Gasteiger partial charge in [-0.1, -0.05) is 19.3 Å². The molecule has 0 spiro atoms. The molecule has 0 aromatic heterocycles. The first-order valence-corrected chi connectivity index (χ1v) is 12.4. The largest absolute Gasteiger partial charge is 0.357 e. The third-order valence-electron chi connectivity index (χ3n) is 7.18. The molecule has 0 aromatic carbocycles. The molecule has 172 valence electrons. The number of hydrogen-bond acceptors (Lipinski definition) is 4. The minimum absolute atomic E-state index is 0.00563. The number of aliphatic imine (C=N–C) groups is 1. The number of amides is 1. The number of nitrogens with zero attached hydrogens (tertiary/aromatic N) is 5. The molecule has 2 aliphatic heterocycles. The van der Waals surface area contributed by atoms with Gasteiger partial charge in [0.15, 0.2) is 5.96 Å². The highest BCUT2D eigenvalue weighted by Gasteiger charge is 2.30. The van der Waals surface area contributed by atoms with E-state index in [4.69, 9.17) is 4.99 Å². The molecule has 1 unspecified atom stereocenters. The van der Waals surface area contributed by atoms with E-state index < -0.39 is 0 Å². The van der Waals surface area contributed by atoms with E-state index in [-0.39, 0.29) is 6.04 Å². The lowest BCUT2D eigenvalue weighted by Crippen LogP contribution is -2.57. The molecular formula is C23H44N6O. The van der Waals surface area contributed by atoms with E-state index in [1.807, 2.05) is 4.90 Å². The number of likely N-dealkylation sites (N-methyl/N-ethyl adjacent to an activating group) is 1. The van der Waals surface area contributed by atoms with Gasteiger partial charge in [0.2, 0.25) is 5.91 Å². The molecule has 3 aliphatic rings. The molecule has 30 heavy (non-hydrogen) atoms. The Morgan fingerprint density at radius 1 is 1.00 bits per heavy atom. The Morgan fingerprint density at radius 2 is 1.67 bits per heavy atom. The zero-order chi connectivity index (χ0) is 21.3. The van der Waals surface area contributed by atoms with E-state index in [0.29, 0.717) is 5.91 Å². The van der Waals surface area contributed by atoms with Crippen molar-refractivity contribution in [2.24, 2.45) is 4.99 Å². The van der Waals surface area contributed by atoms with E-state index in [9.17, 15) is 4.79 Å². The lowest BCUT2D eigenvalue weighted by Gasteiger charge is -2.39. The lowest BCUT2D eigenvalue weighted by molar-refractivity contribution is -0.135. The molecule has 0 bridgehead atoms. The Hall–Kier alpha value is -1.34. The van der Waals surface area contributed by atoms with E-state index in [0.717, 1.165) is 83.7 Å². The molecule has 7 heteroatoms. The first-order chi connectivity index (χ1) is 14.6. The molecule has 1 atom stereocenters. The van der Waals surface area contributed by atoms with Gasteiger partial charge in [0.1, 0.15) is 0 Å². The van der Waals surface area contributed by atoms with Gasteiger partial charge in [0, 0.05) is 58.4 Å². The van der Waals surface area contributed by atoms with E-state index in [1.165, 1.54) is 32.1 Å². The van der Waals surface area contributed by atoms with Gasteiger partial charge in [-0.05, 0) is 46.6 Å². The fraction of sp³-hybridized carbons (Fsp3) is 0.913. The van der Waals surface area contributed by atoms with Crippen LogP contribution in [0.2, 0.25) is 0 Å². The fourth-order valence-corrected chi connectivity index (χ4v) is 5.12. The van der Waals surface area contributed by atoms with Crippen LogP contribution in [0.15, 0.2) is 4.99 Å². The van der Waals surface area contributed by atoms with Gasteiger partial charge in [0.05, 0.1) is 12.6 Å². The van der Waals surface area contributed by atoms with E-state index in [2.05, 4.69) is 40.9 Å². The Balaban J connectivity index is 1.45. The first kappa shape index (κ1) is 23.3. The number of piperazine rings is 1. The predicted octanol–water partition coefficient (Wildman–Crippen LogP) is 1.84. The summed E-state index contributed by atoms with van der Waals surface area (Å²) in [6.07, 6.45) is 9.16. The highest BCUT2D eigenvalue weighted by molar-refractivity contribution is 5.82. The van der Waals surface area contributed by atoms with Crippen molar-refractivity contribution in [3.05, 3.63) is 0 Å². The standard InChI is InChI=1S/C23H44N6O/c1-4-24-23(25-12-15-26(3)21-10-6-5-7-11-21)29-18-16-27(17-19-29)20(2)22(30)28-13-8-9-14-28/h20-21H,4-19H2,1-3H3,(H,24,25). The number of carbonyl (C=O) groups is 1. The highest BCUT2D eigenvalue weighted by atomic mass is 16.2. The van der Waals surface area contributed by atoms with Crippen molar-refractivity contribution in [2.75, 3.05) is 66.0 Å². The van der Waals surface area contributed by atoms with Gasteiger partial charge in [0.25, 0.3) is 0 Å². The number of hydrogen-bond donors (Lipinski definition) is 1. The summed E-state index contributed by atoms with van der Waals surface area (Å²) in [4.78, 5) is 26.9. The first-order valence-electron chi connectivity index (χ1n) is 12.4. The van der Waals surface area contributed by atoms with E-state index in [1.54, 1.807) is 0 Å². The van der Waals surface area contributed by atoms with Gasteiger partial charge < -0.3 is 20.0 Å². The maximum absolute atomic E-state index is 12.7. The second kappa shape index (κ2) is 11.9. The minimum Gasteiger partial charge on any atom is -0.357 e. The third kappa shape index (κ3) is 6.33. The van der Waals surface area contributed by atoms with Crippen molar-refractivity contribution in [1.29, 1.82) is 0 Å². The number of guanidine groups is 1. The van der Waals surface area contributed by atoms with Crippen LogP contribution in [0.25, 0.3) is 0 Å². The summed E-state index contributed by atoms with van der Waals surface area (Å²) in [5.74, 6) is 1.35. The average Bonchev–Trinajstić information content (AvgIpc) is 3.33. The number of likely N-dealkylation sites (tertiary alicyclic amines) is 1. The smallest absolute Gasteiger partial charge is 0.239 e. The summed E-state index contributed by atoms with van der Waals surface area (Å²) >= 11 is 0. The van der Waals surface area contributed by atoms with Crippen LogP contribution in [-0.4, -0.2) is 110 Å². The Bertz CT molecular complexity index is 548. The van der Waals surface area contributed by atoms with Crippen molar-refractivity contribution >= 4 is 11.9 Å². The minimum atomic E-state index is -0.00563. The Labute approximate surface area is 183 Å². The van der Waals surface area contributed by atoms with Crippen LogP contribution in [-0.2, 0) is 4.79 Å². The summed E-state index contributed by atoms with van der Waals surface area (Å²) in [5.41, 5.74) is 0. The van der Waals surface area contributed by atoms with Crippen molar-refractivity contribution in [2.45, 2.75) is 70.9 Å². The molecule has 3 rings (SSSR count). The number of nitrogens with one attached hydrogen (secondary N) is 1. The average molecular weight is 421 g/mol. The summed E-state index contributed by atoms with van der Waals surface area (Å²) in [6.45, 7) is 12.6. The molecule has 2 saturated heterocycles. The van der Waals surface area contributed by atoms with E-state index >= 15 is 0 Å². The molecule has 0 aromatic rings. The van der Waals surface area contributed by atoms with Gasteiger partial charge in [-0.15, -0.1) is 0 Å². The van der Waals surface area contributed by atoms with Gasteiger partial charge in [-0.3, -0.25) is 14.7 Å². The molecule has 0 radical (unpaired) electrons. The molecule has 1 amide bonds. The predicted molar refractivity (Wildman–Crippen MR) is 124 cm³/mol. The molecule has 7 nitrogen and oxygen atoms in total. The van der Waals surface area contributed by atoms with Crippen molar-refractivity contribution in [1.82, 2.24) is 24.9 Å². The summed E-state index contributed by atoms with van der Waals surface area (Å²) < 4.78 is 0. The lowest BCUT2D eigenvalue weighted by atomic mass is 9.94. The van der Waals surface area contributed by atoms with Crippen molar-refractivity contribution in [3.8, 4) is 0 Å². The summed E-state index contributed by atoms with van der Waals surface area (Å²) in [5, 5.41) is 3.48. The van der Waals surface area contributed by atoms with Crippen LogP contribution >= 0.6 is 0 Å². The van der Waals surface area contributed by atoms with Gasteiger partial charge in [-0.2, -0.15) is 0 Å². The van der Waals surface area contributed by atoms with Gasteiger partial charge in [-0.25, -0.2) is 0 Å². The molecule has 1 aliphatic carbocycles. The second-order valence-corrected chi connectivity index (χ2v) is 9.24. The van der Waals surface area contributed by atoms with Crippen molar-refractivity contribution in [3.63, 3.8) is 0 Å². The Kier molecular flexibility index (Phi) is 9.25. The fourth-order valence-electron chi connectivity index (χ4n) is 5.12. The summed E-state index contributed by atoms with van der Waals surface area (Å²) in [7, 11) is 2.26. The van der Waals surface area contributed by atoms with Crippen molar-refractivity contribution < 1.29 is 4.79 Å². The van der Waals surface area contributed by atoms with Crippen LogP contribution < -0.4 is 5.32 Å². The molecule has 1 N–H and O–H groups in total. The van der Waals surface area contributed by atoms with Crippen LogP contribution in [0.4, 0.5) is 0 Å². The zero-order valence-electron chi connectivity index (χ0n) is 19.6. The maximum atomic E-state index is 12.7. The molecule has 3 fully saturated rings. The van der Waals surface area contributed by atoms with Crippen LogP contribution in [0.3, 0.4) is 0 Å². The summed E-state index contributed by atoms with van der Waals surface area (Å²) in [6, 6.07) is 0.739. The van der Waals surface area contributed by atoms with Crippen LogP contribution in [0.1, 0.15) is 58.8 Å². The highest BCUT2D eigenvalue weighted by Crippen LogP contribution is 2.21. The molecule has 1 saturated carbocycles. The monoisotopic (exact) mass is 420 g/mol. The normalized spacial score (nSPS) is 23.3. The molecular weight excluding hydrogens is 376 g/mol. The zero-order valence-corrected chi connectivity index (χ0v) is 19.6. The van der Waals surface area contributed by atoms with Crippen LogP contribution in [0.5, 0.6) is 0 Å². The third-order valence-corrected chi connectivity index (χ3v) is 7.18. The second-order valence-electron chi connectivity index (χ2n) is 9.24. The topological polar surface area (TPSA) is 54.4 Å². The number of carbonyl (C=O) groups excluding carboxylic acids is 1. The maximum Gasteiger partial charge on any atom is 0.239 e. The molecule has 2 heterocycles. The Morgan fingerprint density at radius 3 is 2.30 bits per heavy atom. The van der Waals surface area contributed by atoms with Crippen LogP contribution in [0, 0.1) is 0 Å². The quantitative estimate of drug-likeness (QED) is 0.503. The number of rotatable bonds is 7. The van der Waals surface area contributed by atoms with Gasteiger partial charge >= 0.3 is 0 Å². The SMILES string of the molecule is CCNC(=NCCN(C)C1CCCCC1)N1CCN(C(C)C(=O)N2CCCC2)CC1.